The normalized spacial score (nSPS) is 15.3. The minimum atomic E-state index is -1.52. The lowest BCUT2D eigenvalue weighted by atomic mass is 10.1. The van der Waals surface area contributed by atoms with Gasteiger partial charge in [0.2, 0.25) is 5.91 Å². The number of nitrogens with one attached hydrogen (secondary N) is 2. The summed E-state index contributed by atoms with van der Waals surface area (Å²) >= 11 is 7.29. The molecular formula is C29H37ClFN5O3S2. The number of alkyl halides is 1. The lowest BCUT2D eigenvalue weighted by Crippen LogP contribution is -2.41. The number of carbonyl (C=O) groups excluding carboxylic acids is 1. The van der Waals surface area contributed by atoms with Gasteiger partial charge in [-0.25, -0.2) is 4.21 Å². The summed E-state index contributed by atoms with van der Waals surface area (Å²) in [4.78, 5) is 14.7. The summed E-state index contributed by atoms with van der Waals surface area (Å²) in [6.45, 7) is 5.93. The Bertz CT molecular complexity index is 1460. The van der Waals surface area contributed by atoms with Crippen molar-refractivity contribution in [1.29, 1.82) is 0 Å². The minimum absolute atomic E-state index is 0.0460. The van der Waals surface area contributed by atoms with Gasteiger partial charge in [-0.2, -0.15) is 5.10 Å². The van der Waals surface area contributed by atoms with Crippen molar-refractivity contribution in [2.45, 2.75) is 50.0 Å². The monoisotopic (exact) mass is 621 g/mol. The molecule has 2 N–H and O–H groups in total. The van der Waals surface area contributed by atoms with E-state index in [2.05, 4.69) is 21.0 Å². The summed E-state index contributed by atoms with van der Waals surface area (Å²) in [5, 5.41) is 8.59. The Kier molecular flexibility index (Phi) is 12.6. The number of amides is 1. The van der Waals surface area contributed by atoms with Crippen LogP contribution in [0.25, 0.3) is 10.9 Å². The van der Waals surface area contributed by atoms with Gasteiger partial charge < -0.3 is 10.1 Å². The van der Waals surface area contributed by atoms with Crippen LogP contribution < -0.4 is 14.8 Å². The van der Waals surface area contributed by atoms with Crippen LogP contribution in [0.1, 0.15) is 37.8 Å². The van der Waals surface area contributed by atoms with Crippen LogP contribution in [0, 0.1) is 0 Å². The second-order valence-electron chi connectivity index (χ2n) is 8.97. The SMILES string of the molecule is CC.CF.COc1cccc2c1c(NS(=O)c1ccc(Cl)s1)nn2Cc1cccc(CNC(=O)C2CCCN2C)c1. The fraction of sp³-hybridized carbons (Fsp3) is 0.379. The van der Waals surface area contributed by atoms with Crippen LogP contribution in [-0.4, -0.2) is 58.7 Å². The molecule has 8 nitrogen and oxygen atoms in total. The number of aromatic nitrogens is 2. The zero-order valence-electron chi connectivity index (χ0n) is 23.9. The van der Waals surface area contributed by atoms with Crippen LogP contribution in [0.3, 0.4) is 0 Å². The molecule has 41 heavy (non-hydrogen) atoms. The zero-order chi connectivity index (χ0) is 29.9. The average Bonchev–Trinajstić information content (AvgIpc) is 3.73. The lowest BCUT2D eigenvalue weighted by Gasteiger charge is -2.18. The third-order valence-electron chi connectivity index (χ3n) is 6.49. The van der Waals surface area contributed by atoms with E-state index in [1.807, 2.05) is 62.0 Å². The summed E-state index contributed by atoms with van der Waals surface area (Å²) in [5.74, 6) is 1.19. The van der Waals surface area contributed by atoms with E-state index in [-0.39, 0.29) is 11.9 Å². The third kappa shape index (κ3) is 8.06. The second-order valence-corrected chi connectivity index (χ2v) is 12.1. The molecule has 0 radical (unpaired) electrons. The van der Waals surface area contributed by atoms with Gasteiger partial charge in [-0.15, -0.1) is 11.3 Å². The highest BCUT2D eigenvalue weighted by atomic mass is 35.5. The van der Waals surface area contributed by atoms with E-state index in [1.54, 1.807) is 19.2 Å². The standard InChI is InChI=1S/C26H28ClN5O3S2.C2H6.CH3F/c1-31-13-5-9-20(31)26(33)28-15-17-6-3-7-18(14-17)16-32-19-8-4-10-21(35-2)24(19)25(29-32)30-37(34)23-12-11-22(27)36-23;2*1-2/h3-4,6-8,10-12,14,20H,5,9,13,15-16H2,1-2H3,(H,28,33)(H,29,30);1-2H3;1H3. The summed E-state index contributed by atoms with van der Waals surface area (Å²) in [5.41, 5.74) is 2.91. The first-order valence-corrected chi connectivity index (χ1v) is 15.7. The molecule has 1 amide bonds. The Balaban J connectivity index is 0.00000111. The van der Waals surface area contributed by atoms with Crippen LogP contribution in [0.5, 0.6) is 5.75 Å². The number of hydrogen-bond acceptors (Lipinski definition) is 6. The maximum atomic E-state index is 12.9. The Morgan fingerprint density at radius 3 is 2.56 bits per heavy atom. The highest BCUT2D eigenvalue weighted by Crippen LogP contribution is 2.34. The number of rotatable bonds is 9. The van der Waals surface area contributed by atoms with Gasteiger partial charge in [-0.1, -0.05) is 55.8 Å². The number of carbonyl (C=O) groups is 1. The van der Waals surface area contributed by atoms with Gasteiger partial charge in [0.1, 0.15) is 9.96 Å². The largest absolute Gasteiger partial charge is 0.496 e. The van der Waals surface area contributed by atoms with Gasteiger partial charge in [0.25, 0.3) is 0 Å². The van der Waals surface area contributed by atoms with Crippen molar-refractivity contribution in [3.05, 3.63) is 70.1 Å². The Hall–Kier alpha value is -2.99. The molecule has 0 spiro atoms. The molecule has 2 aromatic heterocycles. The molecule has 3 heterocycles. The Morgan fingerprint density at radius 2 is 1.90 bits per heavy atom. The first kappa shape index (κ1) is 32.5. The molecule has 4 aromatic rings. The Morgan fingerprint density at radius 1 is 1.17 bits per heavy atom. The molecule has 0 bridgehead atoms. The summed E-state index contributed by atoms with van der Waals surface area (Å²) in [6.07, 6.45) is 1.96. The smallest absolute Gasteiger partial charge is 0.237 e. The number of likely N-dealkylation sites (N-methyl/N-ethyl adjacent to an activating group) is 1. The summed E-state index contributed by atoms with van der Waals surface area (Å²) < 4.78 is 34.1. The van der Waals surface area contributed by atoms with Crippen LogP contribution in [-0.2, 0) is 28.9 Å². The van der Waals surface area contributed by atoms with Crippen LogP contribution in [0.15, 0.2) is 58.8 Å². The van der Waals surface area contributed by atoms with Crippen LogP contribution in [0.4, 0.5) is 10.2 Å². The molecule has 1 aliphatic heterocycles. The fourth-order valence-electron chi connectivity index (χ4n) is 4.65. The van der Waals surface area contributed by atoms with Crippen molar-refractivity contribution in [2.24, 2.45) is 0 Å². The molecule has 2 atom stereocenters. The number of thiophene rings is 1. The lowest BCUT2D eigenvalue weighted by molar-refractivity contribution is -0.125. The van der Waals surface area contributed by atoms with Gasteiger partial charge in [0.15, 0.2) is 16.8 Å². The molecule has 2 aromatic carbocycles. The number of methoxy groups -OCH3 is 1. The number of ether oxygens (including phenoxy) is 1. The van der Waals surface area contributed by atoms with Crippen LogP contribution in [0.2, 0.25) is 4.34 Å². The van der Waals surface area contributed by atoms with E-state index < -0.39 is 11.0 Å². The highest BCUT2D eigenvalue weighted by Gasteiger charge is 2.27. The van der Waals surface area contributed by atoms with Crippen molar-refractivity contribution < 1.29 is 18.1 Å². The predicted octanol–water partition coefficient (Wildman–Crippen LogP) is 6.27. The molecule has 0 aliphatic carbocycles. The molecule has 0 saturated carbocycles. The zero-order valence-corrected chi connectivity index (χ0v) is 26.3. The van der Waals surface area contributed by atoms with Gasteiger partial charge in [0, 0.05) is 6.54 Å². The van der Waals surface area contributed by atoms with Crippen molar-refractivity contribution >= 4 is 56.6 Å². The van der Waals surface area contributed by atoms with Crippen molar-refractivity contribution in [1.82, 2.24) is 20.0 Å². The second kappa shape index (κ2) is 15.9. The third-order valence-corrected chi connectivity index (χ3v) is 9.10. The molecule has 2 unspecified atom stereocenters. The molecular weight excluding hydrogens is 585 g/mol. The first-order valence-electron chi connectivity index (χ1n) is 13.3. The van der Waals surface area contributed by atoms with E-state index in [0.717, 1.165) is 41.4 Å². The van der Waals surface area contributed by atoms with Crippen LogP contribution >= 0.6 is 22.9 Å². The number of fused-ring (bicyclic) bond motifs is 1. The van der Waals surface area contributed by atoms with Crippen molar-refractivity contribution in [3.8, 4) is 5.75 Å². The van der Waals surface area contributed by atoms with Gasteiger partial charge in [-0.05, 0) is 61.8 Å². The summed E-state index contributed by atoms with van der Waals surface area (Å²) in [7, 11) is 2.58. The number of anilines is 1. The maximum Gasteiger partial charge on any atom is 0.237 e. The van der Waals surface area contributed by atoms with E-state index >= 15 is 0 Å². The molecule has 5 rings (SSSR count). The fourth-order valence-corrected chi connectivity index (χ4v) is 6.88. The quantitative estimate of drug-likeness (QED) is 0.230. The molecule has 12 heteroatoms. The number of hydrogen-bond donors (Lipinski definition) is 2. The van der Waals surface area contributed by atoms with Gasteiger partial charge in [0.05, 0.1) is 42.1 Å². The number of likely N-dealkylation sites (tertiary alicyclic amines) is 1. The molecule has 1 saturated heterocycles. The first-order chi connectivity index (χ1) is 19.9. The minimum Gasteiger partial charge on any atom is -0.496 e. The average molecular weight is 622 g/mol. The number of nitrogens with zero attached hydrogens (tertiary/aromatic N) is 3. The summed E-state index contributed by atoms with van der Waals surface area (Å²) in [6, 6.07) is 17.2. The number of benzene rings is 2. The van der Waals surface area contributed by atoms with E-state index in [0.29, 0.717) is 40.4 Å². The van der Waals surface area contributed by atoms with Gasteiger partial charge >= 0.3 is 0 Å². The van der Waals surface area contributed by atoms with E-state index in [1.165, 1.54) is 11.3 Å². The van der Waals surface area contributed by atoms with E-state index in [9.17, 15) is 13.4 Å². The topological polar surface area (TPSA) is 88.5 Å². The molecule has 222 valence electrons. The maximum absolute atomic E-state index is 12.9. The van der Waals surface area contributed by atoms with E-state index in [4.69, 9.17) is 21.4 Å². The Labute approximate surface area is 252 Å². The molecule has 1 fully saturated rings. The van der Waals surface area contributed by atoms with Crippen molar-refractivity contribution in [3.63, 3.8) is 0 Å². The predicted molar refractivity (Wildman–Crippen MR) is 167 cm³/mol. The van der Waals surface area contributed by atoms with Crippen molar-refractivity contribution in [2.75, 3.05) is 32.6 Å². The highest BCUT2D eigenvalue weighted by molar-refractivity contribution is 7.88. The number of halogens is 2. The molecule has 1 aliphatic rings. The van der Waals surface area contributed by atoms with Gasteiger partial charge in [-0.3, -0.25) is 23.5 Å².